The van der Waals surface area contributed by atoms with E-state index in [1.807, 2.05) is 6.07 Å². The highest BCUT2D eigenvalue weighted by Crippen LogP contribution is 2.36. The molecule has 2 aromatic rings. The van der Waals surface area contributed by atoms with E-state index in [-0.39, 0.29) is 11.0 Å². The molecule has 2 rings (SSSR count). The highest BCUT2D eigenvalue weighted by atomic mass is 32.1. The van der Waals surface area contributed by atoms with Gasteiger partial charge in [0.15, 0.2) is 0 Å². The Balaban J connectivity index is 2.51. The molecule has 1 heterocycles. The Morgan fingerprint density at radius 2 is 1.53 bits per heavy atom. The van der Waals surface area contributed by atoms with Crippen LogP contribution in [0.25, 0.3) is 10.4 Å². The Kier molecular flexibility index (Phi) is 3.04. The van der Waals surface area contributed by atoms with E-state index < -0.39 is 11.6 Å². The maximum Gasteiger partial charge on any atom is 0.134 e. The third-order valence-corrected chi connectivity index (χ3v) is 4.08. The minimum atomic E-state index is -0.507. The lowest BCUT2D eigenvalue weighted by Crippen LogP contribution is -2.07. The molecule has 3 heteroatoms. The summed E-state index contributed by atoms with van der Waals surface area (Å²) in [5.41, 5.74) is 0.0815. The van der Waals surface area contributed by atoms with Crippen LogP contribution in [0.1, 0.15) is 25.6 Å². The molecule has 0 aliphatic heterocycles. The minimum absolute atomic E-state index is 0.00461. The lowest BCUT2D eigenvalue weighted by Gasteiger charge is -2.15. The molecule has 0 atom stereocenters. The second kappa shape index (κ2) is 4.22. The quantitative estimate of drug-likeness (QED) is 0.670. The average Bonchev–Trinajstić information content (AvgIpc) is 2.65. The maximum absolute atomic E-state index is 13.6. The van der Waals surface area contributed by atoms with Crippen LogP contribution in [-0.4, -0.2) is 0 Å². The molecule has 0 aliphatic carbocycles. The number of benzene rings is 1. The van der Waals surface area contributed by atoms with Gasteiger partial charge in [-0.3, -0.25) is 0 Å². The summed E-state index contributed by atoms with van der Waals surface area (Å²) in [6, 6.07) is 7.68. The molecule has 0 nitrogen and oxygen atoms in total. The highest BCUT2D eigenvalue weighted by Gasteiger charge is 2.19. The SMILES string of the molecule is CC(C)(C)c1ccc(-c2c(F)cccc2F)s1. The molecule has 17 heavy (non-hydrogen) atoms. The molecular formula is C14H14F2S. The molecule has 0 spiro atoms. The van der Waals surface area contributed by atoms with Gasteiger partial charge in [-0.1, -0.05) is 26.8 Å². The normalized spacial score (nSPS) is 11.8. The summed E-state index contributed by atoms with van der Waals surface area (Å²) >= 11 is 1.44. The van der Waals surface area contributed by atoms with E-state index in [0.717, 1.165) is 4.88 Å². The number of hydrogen-bond donors (Lipinski definition) is 0. The van der Waals surface area contributed by atoms with Gasteiger partial charge >= 0.3 is 0 Å². The third-order valence-electron chi connectivity index (χ3n) is 2.55. The number of halogens is 2. The van der Waals surface area contributed by atoms with Crippen LogP contribution >= 0.6 is 11.3 Å². The van der Waals surface area contributed by atoms with Gasteiger partial charge in [-0.2, -0.15) is 0 Å². The van der Waals surface area contributed by atoms with E-state index in [4.69, 9.17) is 0 Å². The van der Waals surface area contributed by atoms with Gasteiger partial charge in [-0.05, 0) is 29.7 Å². The summed E-state index contributed by atoms with van der Waals surface area (Å²) in [4.78, 5) is 1.76. The molecule has 0 amide bonds. The van der Waals surface area contributed by atoms with Crippen molar-refractivity contribution in [3.05, 3.63) is 46.8 Å². The van der Waals surface area contributed by atoms with Crippen LogP contribution < -0.4 is 0 Å². The van der Waals surface area contributed by atoms with Gasteiger partial charge in [0.25, 0.3) is 0 Å². The van der Waals surface area contributed by atoms with Crippen molar-refractivity contribution in [2.45, 2.75) is 26.2 Å². The first-order valence-electron chi connectivity index (χ1n) is 5.44. The van der Waals surface area contributed by atoms with Crippen molar-refractivity contribution in [2.75, 3.05) is 0 Å². The molecule has 0 aliphatic rings. The second-order valence-corrected chi connectivity index (χ2v) is 6.09. The van der Waals surface area contributed by atoms with Crippen molar-refractivity contribution in [2.24, 2.45) is 0 Å². The van der Waals surface area contributed by atoms with Crippen molar-refractivity contribution in [1.29, 1.82) is 0 Å². The van der Waals surface area contributed by atoms with E-state index in [1.165, 1.54) is 29.5 Å². The molecular weight excluding hydrogens is 238 g/mol. The van der Waals surface area contributed by atoms with Crippen LogP contribution in [0.3, 0.4) is 0 Å². The molecule has 0 N–H and O–H groups in total. The van der Waals surface area contributed by atoms with Gasteiger partial charge in [0.1, 0.15) is 11.6 Å². The van der Waals surface area contributed by atoms with E-state index in [0.29, 0.717) is 4.88 Å². The highest BCUT2D eigenvalue weighted by molar-refractivity contribution is 7.15. The van der Waals surface area contributed by atoms with Crippen molar-refractivity contribution in [3.8, 4) is 10.4 Å². The molecule has 0 fully saturated rings. The zero-order chi connectivity index (χ0) is 12.6. The predicted octanol–water partition coefficient (Wildman–Crippen LogP) is 4.99. The standard InChI is InChI=1S/C14H14F2S/c1-14(2,3)12-8-7-11(17-12)13-9(15)5-4-6-10(13)16/h4-8H,1-3H3. The molecule has 0 bridgehead atoms. The van der Waals surface area contributed by atoms with Crippen molar-refractivity contribution in [3.63, 3.8) is 0 Å². The second-order valence-electron chi connectivity index (χ2n) is 5.01. The number of hydrogen-bond acceptors (Lipinski definition) is 1. The van der Waals surface area contributed by atoms with Gasteiger partial charge in [0, 0.05) is 9.75 Å². The fourth-order valence-electron chi connectivity index (χ4n) is 1.61. The van der Waals surface area contributed by atoms with Crippen LogP contribution in [0.4, 0.5) is 8.78 Å². The average molecular weight is 252 g/mol. The summed E-state index contributed by atoms with van der Waals surface area (Å²) in [5.74, 6) is -1.01. The molecule has 0 radical (unpaired) electrons. The molecule has 0 saturated heterocycles. The molecule has 1 aromatic heterocycles. The minimum Gasteiger partial charge on any atom is -0.206 e. The van der Waals surface area contributed by atoms with Crippen molar-refractivity contribution < 1.29 is 8.78 Å². The zero-order valence-corrected chi connectivity index (χ0v) is 10.9. The van der Waals surface area contributed by atoms with Gasteiger partial charge in [0.05, 0.1) is 5.56 Å². The molecule has 0 unspecified atom stereocenters. The first-order valence-corrected chi connectivity index (χ1v) is 6.26. The molecule has 90 valence electrons. The Bertz CT molecular complexity index is 515. The van der Waals surface area contributed by atoms with Gasteiger partial charge in [0.2, 0.25) is 0 Å². The van der Waals surface area contributed by atoms with Crippen LogP contribution in [0.2, 0.25) is 0 Å². The Morgan fingerprint density at radius 1 is 0.941 bits per heavy atom. The maximum atomic E-state index is 13.6. The van der Waals surface area contributed by atoms with Crippen molar-refractivity contribution in [1.82, 2.24) is 0 Å². The van der Waals surface area contributed by atoms with Crippen LogP contribution in [0, 0.1) is 11.6 Å². The Labute approximate surface area is 104 Å². The zero-order valence-electron chi connectivity index (χ0n) is 10.1. The molecule has 0 saturated carbocycles. The van der Waals surface area contributed by atoms with Gasteiger partial charge < -0.3 is 0 Å². The third kappa shape index (κ3) is 2.39. The van der Waals surface area contributed by atoms with E-state index in [9.17, 15) is 8.78 Å². The number of rotatable bonds is 1. The monoisotopic (exact) mass is 252 g/mol. The lowest BCUT2D eigenvalue weighted by molar-refractivity contribution is 0.590. The van der Waals surface area contributed by atoms with E-state index in [2.05, 4.69) is 20.8 Å². The molecule has 1 aromatic carbocycles. The summed E-state index contributed by atoms with van der Waals surface area (Å²) in [5, 5.41) is 0. The fraction of sp³-hybridized carbons (Fsp3) is 0.286. The first-order chi connectivity index (χ1) is 7.89. The topological polar surface area (TPSA) is 0 Å². The lowest BCUT2D eigenvalue weighted by atomic mass is 9.95. The van der Waals surface area contributed by atoms with Crippen molar-refractivity contribution >= 4 is 11.3 Å². The largest absolute Gasteiger partial charge is 0.206 e. The summed E-state index contributed by atoms with van der Waals surface area (Å²) < 4.78 is 27.2. The van der Waals surface area contributed by atoms with E-state index >= 15 is 0 Å². The predicted molar refractivity (Wildman–Crippen MR) is 68.4 cm³/mol. The number of thiophene rings is 1. The fourth-order valence-corrected chi connectivity index (χ4v) is 2.72. The Hall–Kier alpha value is -1.22. The Morgan fingerprint density at radius 3 is 2.00 bits per heavy atom. The van der Waals surface area contributed by atoms with E-state index in [1.54, 1.807) is 6.07 Å². The first kappa shape index (κ1) is 12.2. The van der Waals surface area contributed by atoms with Crippen LogP contribution in [0.5, 0.6) is 0 Å². The van der Waals surface area contributed by atoms with Crippen LogP contribution in [-0.2, 0) is 5.41 Å². The van der Waals surface area contributed by atoms with Crippen LogP contribution in [0.15, 0.2) is 30.3 Å². The van der Waals surface area contributed by atoms with Gasteiger partial charge in [-0.15, -0.1) is 11.3 Å². The summed E-state index contributed by atoms with van der Waals surface area (Å²) in [6.45, 7) is 6.25. The smallest absolute Gasteiger partial charge is 0.134 e. The van der Waals surface area contributed by atoms with Gasteiger partial charge in [-0.25, -0.2) is 8.78 Å². The summed E-state index contributed by atoms with van der Waals surface area (Å²) in [6.07, 6.45) is 0. The summed E-state index contributed by atoms with van der Waals surface area (Å²) in [7, 11) is 0.